The summed E-state index contributed by atoms with van der Waals surface area (Å²) in [4.78, 5) is 0. The maximum atomic E-state index is 9.11. The van der Waals surface area contributed by atoms with Crippen molar-refractivity contribution in [2.45, 2.75) is 26.2 Å². The molecule has 3 heteroatoms. The summed E-state index contributed by atoms with van der Waals surface area (Å²) in [7, 11) is 0. The number of rotatable bonds is 4. The first-order valence-electron chi connectivity index (χ1n) is 6.62. The van der Waals surface area contributed by atoms with Crippen molar-refractivity contribution < 1.29 is 4.74 Å². The van der Waals surface area contributed by atoms with E-state index in [9.17, 15) is 0 Å². The van der Waals surface area contributed by atoms with Crippen molar-refractivity contribution in [2.75, 3.05) is 0 Å². The maximum Gasteiger partial charge on any atom is 0.146 e. The molecule has 2 rings (SSSR count). The van der Waals surface area contributed by atoms with Gasteiger partial charge in [0.15, 0.2) is 0 Å². The summed E-state index contributed by atoms with van der Waals surface area (Å²) < 4.78 is 5.74. The van der Waals surface area contributed by atoms with Crippen molar-refractivity contribution in [1.29, 1.82) is 5.26 Å². The van der Waals surface area contributed by atoms with Gasteiger partial charge in [-0.1, -0.05) is 43.6 Å². The van der Waals surface area contributed by atoms with Crippen LogP contribution in [-0.4, -0.2) is 0 Å². The first kappa shape index (κ1) is 14.4. The lowest BCUT2D eigenvalue weighted by Gasteiger charge is -2.11. The summed E-state index contributed by atoms with van der Waals surface area (Å²) in [6, 6.07) is 15.2. The zero-order chi connectivity index (χ0) is 14.5. The lowest BCUT2D eigenvalue weighted by atomic mass is 9.99. The Morgan fingerprint density at radius 3 is 2.50 bits per heavy atom. The molecular weight excluding hydrogens is 270 g/mol. The number of hydrogen-bond donors (Lipinski definition) is 0. The summed E-state index contributed by atoms with van der Waals surface area (Å²) in [5.41, 5.74) is 1.65. The smallest absolute Gasteiger partial charge is 0.146 e. The van der Waals surface area contributed by atoms with Gasteiger partial charge in [0.2, 0.25) is 0 Å². The van der Waals surface area contributed by atoms with Gasteiger partial charge in [0.1, 0.15) is 23.1 Å². The quantitative estimate of drug-likeness (QED) is 0.741. The molecule has 102 valence electrons. The molecule has 0 bridgehead atoms. The van der Waals surface area contributed by atoms with E-state index in [1.54, 1.807) is 18.2 Å². The highest BCUT2D eigenvalue weighted by Gasteiger charge is 2.09. The molecule has 0 fully saturated rings. The van der Waals surface area contributed by atoms with Crippen LogP contribution in [0.1, 0.15) is 37.3 Å². The predicted octanol–water partition coefficient (Wildman–Crippen LogP) is 5.52. The monoisotopic (exact) mass is 285 g/mol. The number of ether oxygens (including phenoxy) is 1. The van der Waals surface area contributed by atoms with Gasteiger partial charge in [0, 0.05) is 0 Å². The molecule has 0 aliphatic rings. The first-order valence-corrected chi connectivity index (χ1v) is 7.00. The van der Waals surface area contributed by atoms with E-state index < -0.39 is 0 Å². The Morgan fingerprint density at radius 1 is 1.20 bits per heavy atom. The van der Waals surface area contributed by atoms with E-state index in [0.717, 1.165) is 6.42 Å². The highest BCUT2D eigenvalue weighted by molar-refractivity contribution is 6.31. The van der Waals surface area contributed by atoms with Crippen LogP contribution in [0.5, 0.6) is 11.5 Å². The second-order valence-corrected chi connectivity index (χ2v) is 5.11. The average Bonchev–Trinajstić information content (AvgIpc) is 2.47. The minimum atomic E-state index is 0.361. The Balaban J connectivity index is 2.23. The number of halogens is 1. The van der Waals surface area contributed by atoms with Crippen molar-refractivity contribution in [3.63, 3.8) is 0 Å². The summed E-state index contributed by atoms with van der Waals surface area (Å²) >= 11 is 5.98. The van der Waals surface area contributed by atoms with Crippen LogP contribution in [0.25, 0.3) is 0 Å². The fourth-order valence-electron chi connectivity index (χ4n) is 1.92. The van der Waals surface area contributed by atoms with E-state index >= 15 is 0 Å². The van der Waals surface area contributed by atoms with Gasteiger partial charge in [-0.3, -0.25) is 0 Å². The van der Waals surface area contributed by atoms with Crippen molar-refractivity contribution in [2.24, 2.45) is 0 Å². The van der Waals surface area contributed by atoms with Gasteiger partial charge in [-0.25, -0.2) is 0 Å². The third-order valence-electron chi connectivity index (χ3n) is 3.38. The molecule has 0 spiro atoms. The molecule has 2 aromatic rings. The summed E-state index contributed by atoms with van der Waals surface area (Å²) in [5, 5.41) is 9.52. The summed E-state index contributed by atoms with van der Waals surface area (Å²) in [6.45, 7) is 4.36. The highest BCUT2D eigenvalue weighted by atomic mass is 35.5. The van der Waals surface area contributed by atoms with E-state index in [-0.39, 0.29) is 0 Å². The topological polar surface area (TPSA) is 33.0 Å². The first-order chi connectivity index (χ1) is 9.65. The van der Waals surface area contributed by atoms with Crippen molar-refractivity contribution in [1.82, 2.24) is 0 Å². The molecule has 2 nitrogen and oxygen atoms in total. The third-order valence-corrected chi connectivity index (χ3v) is 3.69. The minimum Gasteiger partial charge on any atom is -0.456 e. The van der Waals surface area contributed by atoms with Crippen LogP contribution >= 0.6 is 11.6 Å². The molecule has 1 atom stereocenters. The zero-order valence-corrected chi connectivity index (χ0v) is 12.3. The predicted molar refractivity (Wildman–Crippen MR) is 81.4 cm³/mol. The van der Waals surface area contributed by atoms with Gasteiger partial charge in [0.05, 0.1) is 5.02 Å². The minimum absolute atomic E-state index is 0.361. The van der Waals surface area contributed by atoms with E-state index in [1.807, 2.05) is 12.1 Å². The molecule has 0 N–H and O–H groups in total. The van der Waals surface area contributed by atoms with Gasteiger partial charge in [0.25, 0.3) is 0 Å². The van der Waals surface area contributed by atoms with Gasteiger partial charge in [-0.2, -0.15) is 5.26 Å². The number of nitrogens with zero attached hydrogens (tertiary/aromatic N) is 1. The second-order valence-electron chi connectivity index (χ2n) is 4.71. The Bertz CT molecular complexity index is 628. The Labute approximate surface area is 124 Å². The molecule has 0 aromatic heterocycles. The molecule has 2 aromatic carbocycles. The van der Waals surface area contributed by atoms with Crippen LogP contribution in [0.2, 0.25) is 5.02 Å². The average molecular weight is 286 g/mol. The normalized spacial score (nSPS) is 11.7. The largest absolute Gasteiger partial charge is 0.456 e. The lowest BCUT2D eigenvalue weighted by molar-refractivity contribution is 0.480. The van der Waals surface area contributed by atoms with Crippen LogP contribution in [0.3, 0.4) is 0 Å². The number of hydrogen-bond acceptors (Lipinski definition) is 2. The maximum absolute atomic E-state index is 9.11. The van der Waals surface area contributed by atoms with Crippen LogP contribution in [-0.2, 0) is 0 Å². The SMILES string of the molecule is CCC(C)c1ccc(Oc2cccc(Cl)c2C#N)cc1. The summed E-state index contributed by atoms with van der Waals surface area (Å²) in [5.74, 6) is 1.72. The molecule has 0 saturated heterocycles. The summed E-state index contributed by atoms with van der Waals surface area (Å²) in [6.07, 6.45) is 1.10. The van der Waals surface area contributed by atoms with Crippen molar-refractivity contribution in [3.05, 3.63) is 58.6 Å². The fraction of sp³-hybridized carbons (Fsp3) is 0.235. The molecule has 1 unspecified atom stereocenters. The third kappa shape index (κ3) is 3.12. The van der Waals surface area contributed by atoms with Crippen LogP contribution < -0.4 is 4.74 Å². The van der Waals surface area contributed by atoms with Crippen molar-refractivity contribution >= 4 is 11.6 Å². The molecule has 0 saturated carbocycles. The van der Waals surface area contributed by atoms with E-state index in [1.165, 1.54) is 5.56 Å². The number of nitriles is 1. The molecule has 0 amide bonds. The molecule has 0 radical (unpaired) electrons. The van der Waals surface area contributed by atoms with Gasteiger partial charge in [-0.15, -0.1) is 0 Å². The molecular formula is C17H16ClNO. The van der Waals surface area contributed by atoms with E-state index in [4.69, 9.17) is 21.6 Å². The van der Waals surface area contributed by atoms with E-state index in [2.05, 4.69) is 32.0 Å². The standard InChI is InChI=1S/C17H16ClNO/c1-3-12(2)13-7-9-14(10-8-13)20-17-6-4-5-16(18)15(17)11-19/h4-10,12H,3H2,1-2H3. The van der Waals surface area contributed by atoms with Gasteiger partial charge >= 0.3 is 0 Å². The molecule has 20 heavy (non-hydrogen) atoms. The Hall–Kier alpha value is -1.98. The van der Waals surface area contributed by atoms with Gasteiger partial charge in [-0.05, 0) is 42.2 Å². The Morgan fingerprint density at radius 2 is 1.90 bits per heavy atom. The second kappa shape index (κ2) is 6.45. The van der Waals surface area contributed by atoms with Crippen LogP contribution in [0.15, 0.2) is 42.5 Å². The number of benzene rings is 2. The zero-order valence-electron chi connectivity index (χ0n) is 11.6. The van der Waals surface area contributed by atoms with Crippen molar-refractivity contribution in [3.8, 4) is 17.6 Å². The van der Waals surface area contributed by atoms with E-state index in [0.29, 0.717) is 28.0 Å². The van der Waals surface area contributed by atoms with Crippen LogP contribution in [0.4, 0.5) is 0 Å². The Kier molecular flexibility index (Phi) is 4.65. The highest BCUT2D eigenvalue weighted by Crippen LogP contribution is 2.30. The fourth-order valence-corrected chi connectivity index (χ4v) is 2.13. The molecule has 0 aliphatic heterocycles. The van der Waals surface area contributed by atoms with Crippen LogP contribution in [0, 0.1) is 11.3 Å². The molecule has 0 aliphatic carbocycles. The van der Waals surface area contributed by atoms with Gasteiger partial charge < -0.3 is 4.74 Å². The lowest BCUT2D eigenvalue weighted by Crippen LogP contribution is -1.92. The molecule has 0 heterocycles.